The first-order valence-corrected chi connectivity index (χ1v) is 4.37. The summed E-state index contributed by atoms with van der Waals surface area (Å²) in [6.45, 7) is 0. The standard InChI is InChI=1S/C9H5BrFNO2/c1-14-9(13)7-3-6(10)2-5(4-12)8(7)11/h2-3H,1H3. The predicted octanol–water partition coefficient (Wildman–Crippen LogP) is 2.25. The van der Waals surface area contributed by atoms with Crippen LogP contribution in [0.15, 0.2) is 16.6 Å². The molecule has 0 N–H and O–H groups in total. The van der Waals surface area contributed by atoms with E-state index in [1.165, 1.54) is 12.1 Å². The number of rotatable bonds is 1. The number of hydrogen-bond acceptors (Lipinski definition) is 3. The lowest BCUT2D eigenvalue weighted by Crippen LogP contribution is -2.05. The van der Waals surface area contributed by atoms with Crippen molar-refractivity contribution in [3.05, 3.63) is 33.5 Å². The Morgan fingerprint density at radius 2 is 2.29 bits per heavy atom. The van der Waals surface area contributed by atoms with E-state index in [4.69, 9.17) is 5.26 Å². The second kappa shape index (κ2) is 4.20. The van der Waals surface area contributed by atoms with Gasteiger partial charge >= 0.3 is 5.97 Å². The van der Waals surface area contributed by atoms with Crippen LogP contribution >= 0.6 is 15.9 Å². The summed E-state index contributed by atoms with van der Waals surface area (Å²) in [7, 11) is 1.15. The third kappa shape index (κ3) is 1.91. The van der Waals surface area contributed by atoms with Crippen LogP contribution in [0.2, 0.25) is 0 Å². The van der Waals surface area contributed by atoms with Crippen molar-refractivity contribution in [2.45, 2.75) is 0 Å². The van der Waals surface area contributed by atoms with Crippen LogP contribution in [0.4, 0.5) is 4.39 Å². The Bertz CT molecular complexity index is 426. The van der Waals surface area contributed by atoms with Crippen LogP contribution in [0, 0.1) is 17.1 Å². The highest BCUT2D eigenvalue weighted by atomic mass is 79.9. The number of hydrogen-bond donors (Lipinski definition) is 0. The van der Waals surface area contributed by atoms with E-state index in [1.54, 1.807) is 6.07 Å². The number of nitriles is 1. The van der Waals surface area contributed by atoms with E-state index in [-0.39, 0.29) is 11.1 Å². The van der Waals surface area contributed by atoms with Gasteiger partial charge in [-0.1, -0.05) is 15.9 Å². The first-order valence-electron chi connectivity index (χ1n) is 3.57. The number of nitrogens with zero attached hydrogens (tertiary/aromatic N) is 1. The molecule has 0 aliphatic carbocycles. The number of halogens is 2. The van der Waals surface area contributed by atoms with E-state index in [2.05, 4.69) is 20.7 Å². The number of benzene rings is 1. The number of ether oxygens (including phenoxy) is 1. The largest absolute Gasteiger partial charge is 0.465 e. The molecule has 5 heteroatoms. The van der Waals surface area contributed by atoms with Crippen LogP contribution in [-0.2, 0) is 4.74 Å². The zero-order valence-electron chi connectivity index (χ0n) is 7.17. The van der Waals surface area contributed by atoms with E-state index >= 15 is 0 Å². The van der Waals surface area contributed by atoms with Crippen molar-refractivity contribution in [2.24, 2.45) is 0 Å². The molecule has 0 spiro atoms. The third-order valence-corrected chi connectivity index (χ3v) is 2.02. The maximum atomic E-state index is 13.3. The summed E-state index contributed by atoms with van der Waals surface area (Å²) in [4.78, 5) is 11.1. The zero-order chi connectivity index (χ0) is 10.7. The third-order valence-electron chi connectivity index (χ3n) is 1.56. The molecule has 1 aromatic rings. The second-order valence-electron chi connectivity index (χ2n) is 2.42. The molecule has 0 aliphatic rings. The molecule has 1 rings (SSSR count). The van der Waals surface area contributed by atoms with Crippen LogP contribution in [0.1, 0.15) is 15.9 Å². The predicted molar refractivity (Wildman–Crippen MR) is 50.2 cm³/mol. The SMILES string of the molecule is COC(=O)c1cc(Br)cc(C#N)c1F. The van der Waals surface area contributed by atoms with Crippen molar-refractivity contribution >= 4 is 21.9 Å². The fourth-order valence-electron chi connectivity index (χ4n) is 0.929. The van der Waals surface area contributed by atoms with Crippen LogP contribution < -0.4 is 0 Å². The van der Waals surface area contributed by atoms with Crippen molar-refractivity contribution in [3.8, 4) is 6.07 Å². The molecular weight excluding hydrogens is 253 g/mol. The minimum atomic E-state index is -0.859. The highest BCUT2D eigenvalue weighted by molar-refractivity contribution is 9.10. The quantitative estimate of drug-likeness (QED) is 0.726. The first-order chi connectivity index (χ1) is 6.60. The summed E-state index contributed by atoms with van der Waals surface area (Å²) in [6.07, 6.45) is 0. The van der Waals surface area contributed by atoms with Crippen LogP contribution in [0.5, 0.6) is 0 Å². The van der Waals surface area contributed by atoms with Crippen molar-refractivity contribution in [2.75, 3.05) is 7.11 Å². The highest BCUT2D eigenvalue weighted by Crippen LogP contribution is 2.20. The molecule has 0 amide bonds. The number of methoxy groups -OCH3 is 1. The molecule has 0 radical (unpaired) electrons. The summed E-state index contributed by atoms with van der Waals surface area (Å²) in [5.41, 5.74) is -0.446. The molecule has 3 nitrogen and oxygen atoms in total. The normalized spacial score (nSPS) is 9.29. The molecule has 0 bridgehead atoms. The molecule has 0 aliphatic heterocycles. The molecule has 0 heterocycles. The average Bonchev–Trinajstić information content (AvgIpc) is 2.19. The number of carbonyl (C=O) groups excluding carboxylic acids is 1. The van der Waals surface area contributed by atoms with Gasteiger partial charge in [0.1, 0.15) is 6.07 Å². The smallest absolute Gasteiger partial charge is 0.340 e. The monoisotopic (exact) mass is 257 g/mol. The highest BCUT2D eigenvalue weighted by Gasteiger charge is 2.16. The van der Waals surface area contributed by atoms with E-state index in [0.29, 0.717) is 4.47 Å². The van der Waals surface area contributed by atoms with Gasteiger partial charge in [-0.05, 0) is 12.1 Å². The molecule has 0 fully saturated rings. The molecule has 0 unspecified atom stereocenters. The van der Waals surface area contributed by atoms with E-state index in [9.17, 15) is 9.18 Å². The Balaban J connectivity index is 3.38. The van der Waals surface area contributed by atoms with E-state index in [0.717, 1.165) is 7.11 Å². The molecule has 0 saturated carbocycles. The Morgan fingerprint density at radius 3 is 2.79 bits per heavy atom. The summed E-state index contributed by atoms with van der Waals surface area (Å²) in [5.74, 6) is -1.66. The van der Waals surface area contributed by atoms with Crippen molar-refractivity contribution in [3.63, 3.8) is 0 Å². The molecule has 0 saturated heterocycles. The lowest BCUT2D eigenvalue weighted by Gasteiger charge is -2.02. The van der Waals surface area contributed by atoms with Gasteiger partial charge in [0.2, 0.25) is 0 Å². The fourth-order valence-corrected chi connectivity index (χ4v) is 1.39. The lowest BCUT2D eigenvalue weighted by molar-refractivity contribution is 0.0595. The molecule has 14 heavy (non-hydrogen) atoms. The molecular formula is C9H5BrFNO2. The van der Waals surface area contributed by atoms with Gasteiger partial charge in [-0.2, -0.15) is 5.26 Å². The van der Waals surface area contributed by atoms with Crippen LogP contribution in [-0.4, -0.2) is 13.1 Å². The Hall–Kier alpha value is -1.41. The maximum Gasteiger partial charge on any atom is 0.340 e. The molecule has 1 aromatic carbocycles. The Morgan fingerprint density at radius 1 is 1.64 bits per heavy atom. The van der Waals surface area contributed by atoms with Gasteiger partial charge < -0.3 is 4.74 Å². The summed E-state index contributed by atoms with van der Waals surface area (Å²) >= 11 is 3.06. The topological polar surface area (TPSA) is 50.1 Å². The first kappa shape index (κ1) is 10.7. The molecule has 0 aromatic heterocycles. The Labute approximate surface area is 88.2 Å². The van der Waals surface area contributed by atoms with Gasteiger partial charge in [-0.25, -0.2) is 9.18 Å². The van der Waals surface area contributed by atoms with Gasteiger partial charge in [0.05, 0.1) is 18.2 Å². The van der Waals surface area contributed by atoms with E-state index < -0.39 is 11.8 Å². The van der Waals surface area contributed by atoms with Crippen molar-refractivity contribution in [1.29, 1.82) is 5.26 Å². The summed E-state index contributed by atoms with van der Waals surface area (Å²) in [6, 6.07) is 4.20. The Kier molecular flexibility index (Phi) is 3.20. The number of esters is 1. The van der Waals surface area contributed by atoms with Gasteiger partial charge in [0, 0.05) is 4.47 Å². The van der Waals surface area contributed by atoms with Crippen molar-refractivity contribution < 1.29 is 13.9 Å². The van der Waals surface area contributed by atoms with Gasteiger partial charge in [-0.3, -0.25) is 0 Å². The number of carbonyl (C=O) groups is 1. The van der Waals surface area contributed by atoms with E-state index in [1.807, 2.05) is 0 Å². The zero-order valence-corrected chi connectivity index (χ0v) is 8.76. The fraction of sp³-hybridized carbons (Fsp3) is 0.111. The lowest BCUT2D eigenvalue weighted by atomic mass is 10.1. The van der Waals surface area contributed by atoms with Gasteiger partial charge in [-0.15, -0.1) is 0 Å². The van der Waals surface area contributed by atoms with Crippen LogP contribution in [0.25, 0.3) is 0 Å². The van der Waals surface area contributed by atoms with Crippen molar-refractivity contribution in [1.82, 2.24) is 0 Å². The second-order valence-corrected chi connectivity index (χ2v) is 3.33. The van der Waals surface area contributed by atoms with Gasteiger partial charge in [0.25, 0.3) is 0 Å². The molecule has 72 valence electrons. The summed E-state index contributed by atoms with van der Waals surface area (Å²) < 4.78 is 18.2. The van der Waals surface area contributed by atoms with Crippen LogP contribution in [0.3, 0.4) is 0 Å². The minimum absolute atomic E-state index is 0.195. The van der Waals surface area contributed by atoms with Gasteiger partial charge in [0.15, 0.2) is 5.82 Å². The maximum absolute atomic E-state index is 13.3. The summed E-state index contributed by atoms with van der Waals surface area (Å²) in [5, 5.41) is 8.56. The average molecular weight is 258 g/mol. The minimum Gasteiger partial charge on any atom is -0.465 e. The molecule has 0 atom stereocenters.